The Hall–Kier alpha value is -1.72. The molecule has 0 aromatic carbocycles. The number of rotatable bonds is 4. The number of nitrogens with zero attached hydrogens (tertiary/aromatic N) is 1. The van der Waals surface area contributed by atoms with Crippen LogP contribution >= 0.6 is 0 Å². The van der Waals surface area contributed by atoms with Crippen LogP contribution in [0.15, 0.2) is 24.5 Å². The molecule has 2 rings (SSSR count). The average molecular weight is 313 g/mol. The molecule has 122 valence electrons. The van der Waals surface area contributed by atoms with Gasteiger partial charge in [0.1, 0.15) is 0 Å². The highest BCUT2D eigenvalue weighted by molar-refractivity contribution is 5.72. The number of esters is 1. The van der Waals surface area contributed by atoms with Crippen molar-refractivity contribution in [2.45, 2.75) is 45.0 Å². The molecule has 1 saturated carbocycles. The summed E-state index contributed by atoms with van der Waals surface area (Å²) in [5.41, 5.74) is 0.442. The van der Waals surface area contributed by atoms with E-state index in [1.165, 1.54) is 24.5 Å². The van der Waals surface area contributed by atoms with E-state index in [2.05, 4.69) is 0 Å². The molecule has 1 aliphatic carbocycles. The van der Waals surface area contributed by atoms with Crippen molar-refractivity contribution in [3.05, 3.63) is 35.3 Å². The molecule has 0 aliphatic heterocycles. The lowest BCUT2D eigenvalue weighted by Gasteiger charge is -2.37. The first-order chi connectivity index (χ1) is 10.3. The Morgan fingerprint density at radius 1 is 1.50 bits per heavy atom. The Balaban J connectivity index is 2.16. The van der Waals surface area contributed by atoms with E-state index >= 15 is 0 Å². The minimum atomic E-state index is -2.82. The van der Waals surface area contributed by atoms with E-state index in [1.54, 1.807) is 13.8 Å². The van der Waals surface area contributed by atoms with Crippen molar-refractivity contribution < 1.29 is 23.0 Å². The lowest BCUT2D eigenvalue weighted by atomic mass is 9.71. The molecule has 22 heavy (non-hydrogen) atoms. The molecule has 0 amide bonds. The van der Waals surface area contributed by atoms with Gasteiger partial charge in [0.15, 0.2) is 12.4 Å². The molecule has 0 N–H and O–H groups in total. The van der Waals surface area contributed by atoms with Gasteiger partial charge in [0.05, 0.1) is 12.5 Å². The van der Waals surface area contributed by atoms with Gasteiger partial charge in [-0.2, -0.15) is 4.73 Å². The SMILES string of the molecule is CCOC(=O)C(C)C1CCC(F)(F)[C@@H](c2cc[n+]([O-])cc2)C1. The Morgan fingerprint density at radius 2 is 2.14 bits per heavy atom. The van der Waals surface area contributed by atoms with Gasteiger partial charge in [-0.25, -0.2) is 8.78 Å². The minimum absolute atomic E-state index is 0.136. The molecule has 6 heteroatoms. The van der Waals surface area contributed by atoms with Crippen molar-refractivity contribution >= 4 is 5.97 Å². The Labute approximate surface area is 128 Å². The third-order valence-electron chi connectivity index (χ3n) is 4.49. The van der Waals surface area contributed by atoms with Crippen LogP contribution in [0, 0.1) is 17.0 Å². The number of carbonyl (C=O) groups excluding carboxylic acids is 1. The summed E-state index contributed by atoms with van der Waals surface area (Å²) in [6.07, 6.45) is 2.72. The number of halogens is 2. The van der Waals surface area contributed by atoms with Crippen LogP contribution in [0.25, 0.3) is 0 Å². The van der Waals surface area contributed by atoms with Gasteiger partial charge >= 0.3 is 5.97 Å². The van der Waals surface area contributed by atoms with Crippen molar-refractivity contribution in [2.24, 2.45) is 11.8 Å². The van der Waals surface area contributed by atoms with E-state index < -0.39 is 17.8 Å². The van der Waals surface area contributed by atoms with Gasteiger partial charge in [-0.1, -0.05) is 6.92 Å². The molecule has 1 aromatic rings. The molecule has 1 heterocycles. The van der Waals surface area contributed by atoms with E-state index in [0.717, 1.165) is 0 Å². The van der Waals surface area contributed by atoms with Crippen molar-refractivity contribution in [2.75, 3.05) is 6.61 Å². The second kappa shape index (κ2) is 6.58. The van der Waals surface area contributed by atoms with E-state index in [0.29, 0.717) is 16.7 Å². The fraction of sp³-hybridized carbons (Fsp3) is 0.625. The maximum absolute atomic E-state index is 14.2. The Bertz CT molecular complexity index is 519. The lowest BCUT2D eigenvalue weighted by Crippen LogP contribution is -2.38. The number of hydrogen-bond donors (Lipinski definition) is 0. The van der Waals surface area contributed by atoms with Crippen LogP contribution in [-0.4, -0.2) is 18.5 Å². The second-order valence-electron chi connectivity index (χ2n) is 5.88. The summed E-state index contributed by atoms with van der Waals surface area (Å²) in [5, 5.41) is 11.1. The summed E-state index contributed by atoms with van der Waals surface area (Å²) in [6, 6.07) is 2.87. The van der Waals surface area contributed by atoms with Gasteiger partial charge in [0.2, 0.25) is 0 Å². The molecule has 2 unspecified atom stereocenters. The molecule has 1 fully saturated rings. The summed E-state index contributed by atoms with van der Waals surface area (Å²) in [7, 11) is 0. The van der Waals surface area contributed by atoms with Crippen molar-refractivity contribution in [3.63, 3.8) is 0 Å². The number of alkyl halides is 2. The topological polar surface area (TPSA) is 53.2 Å². The van der Waals surface area contributed by atoms with Gasteiger partial charge in [-0.05, 0) is 31.2 Å². The number of ether oxygens (including phenoxy) is 1. The predicted molar refractivity (Wildman–Crippen MR) is 76.2 cm³/mol. The zero-order chi connectivity index (χ0) is 16.3. The molecule has 0 bridgehead atoms. The second-order valence-corrected chi connectivity index (χ2v) is 5.88. The maximum Gasteiger partial charge on any atom is 0.308 e. The lowest BCUT2D eigenvalue weighted by molar-refractivity contribution is -0.605. The van der Waals surface area contributed by atoms with Crippen molar-refractivity contribution in [3.8, 4) is 0 Å². The average Bonchev–Trinajstić information content (AvgIpc) is 2.48. The number of carbonyl (C=O) groups is 1. The molecule has 3 atom stereocenters. The van der Waals surface area contributed by atoms with Crippen LogP contribution in [0.1, 0.15) is 44.6 Å². The third-order valence-corrected chi connectivity index (χ3v) is 4.49. The molecule has 0 spiro atoms. The van der Waals surface area contributed by atoms with Crippen LogP contribution in [0.4, 0.5) is 8.78 Å². The summed E-state index contributed by atoms with van der Waals surface area (Å²) in [5.74, 6) is -4.65. The van der Waals surface area contributed by atoms with Crippen LogP contribution in [-0.2, 0) is 9.53 Å². The van der Waals surface area contributed by atoms with Gasteiger partial charge in [-0.15, -0.1) is 0 Å². The molecule has 1 aliphatic rings. The normalized spacial score (nSPS) is 25.5. The standard InChI is InChI=1S/C16H21F2NO3/c1-3-22-15(20)11(2)13-4-7-16(17,18)14(10-13)12-5-8-19(21)9-6-12/h5-6,8-9,11,13-14H,3-4,7,10H2,1-2H3/t11?,13?,14-/m1/s1. The number of hydrogen-bond acceptors (Lipinski definition) is 3. The quantitative estimate of drug-likeness (QED) is 0.488. The fourth-order valence-corrected chi connectivity index (χ4v) is 3.10. The van der Waals surface area contributed by atoms with E-state index in [1.807, 2.05) is 0 Å². The fourth-order valence-electron chi connectivity index (χ4n) is 3.10. The zero-order valence-electron chi connectivity index (χ0n) is 12.8. The van der Waals surface area contributed by atoms with Gasteiger partial charge in [-0.3, -0.25) is 4.79 Å². The highest BCUT2D eigenvalue weighted by atomic mass is 19.3. The van der Waals surface area contributed by atoms with E-state index in [9.17, 15) is 18.8 Å². The van der Waals surface area contributed by atoms with Crippen LogP contribution < -0.4 is 4.73 Å². The first-order valence-corrected chi connectivity index (χ1v) is 7.58. The highest BCUT2D eigenvalue weighted by Gasteiger charge is 2.47. The van der Waals surface area contributed by atoms with Crippen molar-refractivity contribution in [1.82, 2.24) is 0 Å². The van der Waals surface area contributed by atoms with Gasteiger partial charge in [0.25, 0.3) is 5.92 Å². The number of pyridine rings is 1. The molecule has 4 nitrogen and oxygen atoms in total. The monoisotopic (exact) mass is 313 g/mol. The molecule has 0 radical (unpaired) electrons. The summed E-state index contributed by atoms with van der Waals surface area (Å²) in [6.45, 7) is 3.75. The Kier molecular flexibility index (Phi) is 4.98. The molecular formula is C16H21F2NO3. The first-order valence-electron chi connectivity index (χ1n) is 7.58. The summed E-state index contributed by atoms with van der Waals surface area (Å²) < 4.78 is 34.0. The predicted octanol–water partition coefficient (Wildman–Crippen LogP) is 3.04. The first kappa shape index (κ1) is 16.6. The summed E-state index contributed by atoms with van der Waals surface area (Å²) in [4.78, 5) is 11.8. The molecule has 1 aromatic heterocycles. The summed E-state index contributed by atoms with van der Waals surface area (Å²) >= 11 is 0. The van der Waals surface area contributed by atoms with Crippen LogP contribution in [0.5, 0.6) is 0 Å². The largest absolute Gasteiger partial charge is 0.619 e. The van der Waals surface area contributed by atoms with E-state index in [4.69, 9.17) is 4.74 Å². The minimum Gasteiger partial charge on any atom is -0.619 e. The maximum atomic E-state index is 14.2. The number of aromatic nitrogens is 1. The molecular weight excluding hydrogens is 292 g/mol. The Morgan fingerprint density at radius 3 is 2.73 bits per heavy atom. The smallest absolute Gasteiger partial charge is 0.308 e. The highest BCUT2D eigenvalue weighted by Crippen LogP contribution is 2.48. The third kappa shape index (κ3) is 3.54. The molecule has 0 saturated heterocycles. The van der Waals surface area contributed by atoms with Gasteiger partial charge < -0.3 is 9.94 Å². The van der Waals surface area contributed by atoms with E-state index in [-0.39, 0.29) is 31.3 Å². The van der Waals surface area contributed by atoms with Crippen molar-refractivity contribution in [1.29, 1.82) is 0 Å². The van der Waals surface area contributed by atoms with Crippen LogP contribution in [0.3, 0.4) is 0 Å². The van der Waals surface area contributed by atoms with Gasteiger partial charge in [0, 0.05) is 24.5 Å². The zero-order valence-corrected chi connectivity index (χ0v) is 12.8. The van der Waals surface area contributed by atoms with Crippen LogP contribution in [0.2, 0.25) is 0 Å².